The lowest BCUT2D eigenvalue weighted by molar-refractivity contribution is -0.154. The van der Waals surface area contributed by atoms with Crippen LogP contribution >= 0.6 is 0 Å². The molecule has 1 aromatic carbocycles. The summed E-state index contributed by atoms with van der Waals surface area (Å²) in [6.45, 7) is 18.7. The van der Waals surface area contributed by atoms with Crippen LogP contribution in [0, 0.1) is 0 Å². The van der Waals surface area contributed by atoms with E-state index in [4.69, 9.17) is 9.68 Å². The molecular weight excluding hydrogens is 408 g/mol. The van der Waals surface area contributed by atoms with Crippen molar-refractivity contribution < 1.29 is 19.3 Å². The van der Waals surface area contributed by atoms with Crippen LogP contribution in [0.4, 0.5) is 0 Å². The zero-order valence-electron chi connectivity index (χ0n) is 20.7. The van der Waals surface area contributed by atoms with Crippen LogP contribution in [0.15, 0.2) is 24.3 Å². The lowest BCUT2D eigenvalue weighted by atomic mass is 9.93. The molecule has 2 fully saturated rings. The average Bonchev–Trinajstić information content (AvgIpc) is 2.55. The Morgan fingerprint density at radius 2 is 0.938 bits per heavy atom. The van der Waals surface area contributed by atoms with Crippen molar-refractivity contribution in [3.8, 4) is 0 Å². The molecule has 0 unspecified atom stereocenters. The van der Waals surface area contributed by atoms with Gasteiger partial charge >= 0.3 is 11.9 Å². The topological polar surface area (TPSA) is 83.1 Å². The summed E-state index contributed by atoms with van der Waals surface area (Å²) in [5.74, 6) is -1.13. The van der Waals surface area contributed by atoms with E-state index >= 15 is 0 Å². The highest BCUT2D eigenvalue weighted by Crippen LogP contribution is 2.24. The Morgan fingerprint density at radius 1 is 0.656 bits per heavy atom. The van der Waals surface area contributed by atoms with Gasteiger partial charge in [-0.05, 0) is 67.5 Å². The molecule has 2 aliphatic rings. The van der Waals surface area contributed by atoms with Gasteiger partial charge in [0.15, 0.2) is 0 Å². The monoisotopic (exact) mass is 446 g/mol. The molecule has 0 aromatic heterocycles. The normalized spacial score (nSPS) is 24.5. The first-order valence-electron chi connectivity index (χ1n) is 11.2. The minimum absolute atomic E-state index is 0.195. The van der Waals surface area contributed by atoms with Crippen LogP contribution in [-0.4, -0.2) is 70.4 Å². The number of piperazine rings is 2. The van der Waals surface area contributed by atoms with Gasteiger partial charge in [-0.2, -0.15) is 0 Å². The van der Waals surface area contributed by atoms with Crippen molar-refractivity contribution in [2.45, 2.75) is 77.5 Å². The number of carbonyl (C=O) groups excluding carboxylic acids is 2. The van der Waals surface area contributed by atoms with Gasteiger partial charge in [0.25, 0.3) is 0 Å². The SMILES string of the molecule is CC1(C)CN(OC(=O)c2ccccc2C(=O)ON2CC(C)(C)NC(C)(C)C2)CC(C)(C)N1. The van der Waals surface area contributed by atoms with E-state index in [0.29, 0.717) is 26.2 Å². The molecule has 0 bridgehead atoms. The Balaban J connectivity index is 1.74. The molecule has 0 saturated carbocycles. The van der Waals surface area contributed by atoms with E-state index in [2.05, 4.69) is 66.0 Å². The zero-order chi connectivity index (χ0) is 23.9. The predicted octanol–water partition coefficient (Wildman–Crippen LogP) is 2.76. The highest BCUT2D eigenvalue weighted by molar-refractivity contribution is 6.03. The first kappa shape index (κ1) is 24.6. The highest BCUT2D eigenvalue weighted by Gasteiger charge is 2.40. The number of carbonyl (C=O) groups is 2. The smallest absolute Gasteiger partial charge is 0.357 e. The van der Waals surface area contributed by atoms with E-state index in [1.54, 1.807) is 34.4 Å². The van der Waals surface area contributed by atoms with Crippen molar-refractivity contribution in [3.05, 3.63) is 35.4 Å². The molecule has 8 nitrogen and oxygen atoms in total. The summed E-state index contributed by atoms with van der Waals surface area (Å²) in [5.41, 5.74) is -0.490. The van der Waals surface area contributed by atoms with Gasteiger partial charge in [-0.1, -0.05) is 12.1 Å². The average molecular weight is 447 g/mol. The van der Waals surface area contributed by atoms with Gasteiger partial charge < -0.3 is 20.3 Å². The number of benzene rings is 1. The summed E-state index contributed by atoms with van der Waals surface area (Å²) in [6, 6.07) is 6.64. The van der Waals surface area contributed by atoms with Crippen LogP contribution in [0.5, 0.6) is 0 Å². The molecule has 0 amide bonds. The molecule has 3 rings (SSSR count). The van der Waals surface area contributed by atoms with Crippen molar-refractivity contribution in [1.29, 1.82) is 0 Å². The third-order valence-electron chi connectivity index (χ3n) is 5.43. The van der Waals surface area contributed by atoms with E-state index in [9.17, 15) is 9.59 Å². The number of hydrogen-bond acceptors (Lipinski definition) is 8. The molecule has 1 aromatic rings. The third-order valence-corrected chi connectivity index (χ3v) is 5.43. The minimum atomic E-state index is -0.563. The van der Waals surface area contributed by atoms with Crippen molar-refractivity contribution in [2.24, 2.45) is 0 Å². The Hall–Kier alpha value is -2.00. The van der Waals surface area contributed by atoms with E-state index in [-0.39, 0.29) is 33.3 Å². The number of hydroxylamine groups is 4. The summed E-state index contributed by atoms with van der Waals surface area (Å²) in [5, 5.41) is 10.4. The van der Waals surface area contributed by atoms with Crippen molar-refractivity contribution in [3.63, 3.8) is 0 Å². The van der Waals surface area contributed by atoms with Gasteiger partial charge in [0, 0.05) is 22.2 Å². The molecule has 0 aliphatic carbocycles. The lowest BCUT2D eigenvalue weighted by Crippen LogP contribution is -2.66. The third kappa shape index (κ3) is 6.28. The summed E-state index contributed by atoms with van der Waals surface area (Å²) < 4.78 is 0. The Morgan fingerprint density at radius 3 is 1.22 bits per heavy atom. The predicted molar refractivity (Wildman–Crippen MR) is 123 cm³/mol. The number of nitrogens with one attached hydrogen (secondary N) is 2. The second-order valence-electron chi connectivity index (χ2n) is 11.7. The Labute approximate surface area is 191 Å². The molecule has 2 N–H and O–H groups in total. The molecule has 2 heterocycles. The van der Waals surface area contributed by atoms with Gasteiger partial charge in [-0.25, -0.2) is 9.59 Å². The van der Waals surface area contributed by atoms with Crippen molar-refractivity contribution in [1.82, 2.24) is 20.8 Å². The quantitative estimate of drug-likeness (QED) is 0.731. The van der Waals surface area contributed by atoms with Crippen molar-refractivity contribution in [2.75, 3.05) is 26.2 Å². The van der Waals surface area contributed by atoms with Crippen molar-refractivity contribution >= 4 is 11.9 Å². The summed E-state index contributed by atoms with van der Waals surface area (Å²) in [7, 11) is 0. The molecule has 8 heteroatoms. The van der Waals surface area contributed by atoms with Gasteiger partial charge in [0.05, 0.1) is 37.3 Å². The van der Waals surface area contributed by atoms with Gasteiger partial charge in [0.2, 0.25) is 0 Å². The van der Waals surface area contributed by atoms with E-state index < -0.39 is 11.9 Å². The number of nitrogens with zero attached hydrogens (tertiary/aromatic N) is 2. The fourth-order valence-corrected chi connectivity index (χ4v) is 5.17. The molecule has 2 aliphatic heterocycles. The Bertz CT molecular complexity index is 776. The molecule has 2 saturated heterocycles. The molecule has 0 atom stereocenters. The fourth-order valence-electron chi connectivity index (χ4n) is 5.17. The second kappa shape index (κ2) is 8.41. The van der Waals surface area contributed by atoms with Crippen LogP contribution in [-0.2, 0) is 9.68 Å². The van der Waals surface area contributed by atoms with E-state index in [1.165, 1.54) is 0 Å². The maximum atomic E-state index is 13.0. The van der Waals surface area contributed by atoms with Gasteiger partial charge in [-0.15, -0.1) is 10.1 Å². The van der Waals surface area contributed by atoms with Crippen LogP contribution in [0.25, 0.3) is 0 Å². The lowest BCUT2D eigenvalue weighted by Gasteiger charge is -2.47. The standard InChI is InChI=1S/C24H38N4O4/c1-21(2)13-27(14-22(3,4)25-21)31-19(29)17-11-9-10-12-18(17)20(30)32-28-15-23(5,6)26-24(7,8)16-28/h9-12,25-26H,13-16H2,1-8H3. The molecule has 0 spiro atoms. The molecular formula is C24H38N4O4. The van der Waals surface area contributed by atoms with Gasteiger partial charge in [0.1, 0.15) is 0 Å². The van der Waals surface area contributed by atoms with Gasteiger partial charge in [-0.3, -0.25) is 0 Å². The maximum Gasteiger partial charge on any atom is 0.357 e. The number of rotatable bonds is 4. The van der Waals surface area contributed by atoms with Crippen LogP contribution < -0.4 is 10.6 Å². The zero-order valence-corrected chi connectivity index (χ0v) is 20.7. The first-order chi connectivity index (χ1) is 14.6. The summed E-state index contributed by atoms with van der Waals surface area (Å²) in [6.07, 6.45) is 0. The minimum Gasteiger partial charge on any atom is -0.364 e. The second-order valence-corrected chi connectivity index (χ2v) is 11.7. The summed E-state index contributed by atoms with van der Waals surface area (Å²) >= 11 is 0. The van der Waals surface area contributed by atoms with E-state index in [1.807, 2.05) is 0 Å². The first-order valence-corrected chi connectivity index (χ1v) is 11.2. The number of hydrogen-bond donors (Lipinski definition) is 2. The largest absolute Gasteiger partial charge is 0.364 e. The molecule has 32 heavy (non-hydrogen) atoms. The van der Waals surface area contributed by atoms with Crippen LogP contribution in [0.2, 0.25) is 0 Å². The molecule has 0 radical (unpaired) electrons. The van der Waals surface area contributed by atoms with Crippen LogP contribution in [0.3, 0.4) is 0 Å². The highest BCUT2D eigenvalue weighted by atomic mass is 16.7. The van der Waals surface area contributed by atoms with Crippen LogP contribution in [0.1, 0.15) is 76.1 Å². The Kier molecular flexibility index (Phi) is 6.47. The fraction of sp³-hybridized carbons (Fsp3) is 0.667. The van der Waals surface area contributed by atoms with E-state index in [0.717, 1.165) is 0 Å². The maximum absolute atomic E-state index is 13.0. The summed E-state index contributed by atoms with van der Waals surface area (Å²) in [4.78, 5) is 37.5. The molecule has 178 valence electrons.